The maximum atomic E-state index is 11.5. The number of esters is 2. The minimum Gasteiger partial charge on any atom is -0.469 e. The Labute approximate surface area is 120 Å². The molecule has 114 valence electrons. The first-order valence-corrected chi connectivity index (χ1v) is 7.36. The van der Waals surface area contributed by atoms with Gasteiger partial charge in [0.15, 0.2) is 0 Å². The molecule has 0 aromatic heterocycles. The summed E-state index contributed by atoms with van der Waals surface area (Å²) in [6.07, 6.45) is 3.55. The summed E-state index contributed by atoms with van der Waals surface area (Å²) in [5.74, 6) is -0.213. The van der Waals surface area contributed by atoms with Crippen LogP contribution in [0.25, 0.3) is 0 Å². The van der Waals surface area contributed by atoms with Crippen molar-refractivity contribution in [2.75, 3.05) is 13.7 Å². The Morgan fingerprint density at radius 2 is 2.20 bits per heavy atom. The van der Waals surface area contributed by atoms with E-state index < -0.39 is 0 Å². The average Bonchev–Trinajstić information content (AvgIpc) is 2.73. The lowest BCUT2D eigenvalue weighted by Gasteiger charge is -2.32. The van der Waals surface area contributed by atoms with Crippen molar-refractivity contribution >= 4 is 11.9 Å². The van der Waals surface area contributed by atoms with Crippen LogP contribution < -0.4 is 0 Å². The summed E-state index contributed by atoms with van der Waals surface area (Å²) < 4.78 is 16.1. The molecule has 0 spiro atoms. The van der Waals surface area contributed by atoms with Gasteiger partial charge in [0, 0.05) is 11.8 Å². The van der Waals surface area contributed by atoms with Crippen LogP contribution in [0.15, 0.2) is 0 Å². The third kappa shape index (κ3) is 3.32. The van der Waals surface area contributed by atoms with Gasteiger partial charge in [0.1, 0.15) is 6.10 Å². The van der Waals surface area contributed by atoms with Crippen LogP contribution in [0.4, 0.5) is 0 Å². The fourth-order valence-electron chi connectivity index (χ4n) is 2.88. The summed E-state index contributed by atoms with van der Waals surface area (Å²) in [4.78, 5) is 23.0. The van der Waals surface area contributed by atoms with E-state index >= 15 is 0 Å². The minimum atomic E-state index is -0.230. The van der Waals surface area contributed by atoms with E-state index in [9.17, 15) is 9.59 Å². The van der Waals surface area contributed by atoms with Gasteiger partial charge in [0.05, 0.1) is 32.2 Å². The second-order valence-electron chi connectivity index (χ2n) is 6.25. The first kappa shape index (κ1) is 15.3. The number of fused-ring (bicyclic) bond motifs is 2. The largest absolute Gasteiger partial charge is 0.469 e. The number of methoxy groups -OCH3 is 1. The van der Waals surface area contributed by atoms with Crippen LogP contribution in [-0.4, -0.2) is 37.9 Å². The number of carbonyl (C=O) groups excluding carboxylic acids is 2. The van der Waals surface area contributed by atoms with Gasteiger partial charge in [0.2, 0.25) is 0 Å². The molecule has 1 aliphatic carbocycles. The van der Waals surface area contributed by atoms with Gasteiger partial charge in [-0.05, 0) is 19.3 Å². The molecule has 1 heterocycles. The monoisotopic (exact) mass is 284 g/mol. The second kappa shape index (κ2) is 6.12. The minimum absolute atomic E-state index is 0.0266. The van der Waals surface area contributed by atoms with Crippen molar-refractivity contribution in [3.05, 3.63) is 0 Å². The summed E-state index contributed by atoms with van der Waals surface area (Å²) in [6, 6.07) is 0. The van der Waals surface area contributed by atoms with Crippen molar-refractivity contribution in [3.63, 3.8) is 0 Å². The molecule has 4 unspecified atom stereocenters. The normalized spacial score (nSPS) is 31.6. The fraction of sp³-hybridized carbons (Fsp3) is 0.867. The standard InChI is InChI=1S/C15H24O5/c1-4-15(2,8-13(16)18-3)9-19-11-6-5-10-7-12(11)20-14(10)17/h10-12H,4-9H2,1-3H3. The van der Waals surface area contributed by atoms with Crippen LogP contribution in [0.3, 0.4) is 0 Å². The molecule has 0 N–H and O–H groups in total. The molecule has 0 amide bonds. The molecule has 0 aromatic carbocycles. The number of rotatable bonds is 6. The SMILES string of the molecule is CCC(C)(COC1CCC2CC1OC2=O)CC(=O)OC. The quantitative estimate of drug-likeness (QED) is 0.699. The summed E-state index contributed by atoms with van der Waals surface area (Å²) in [7, 11) is 1.40. The number of ether oxygens (including phenoxy) is 3. The molecule has 5 heteroatoms. The molecule has 4 atom stereocenters. The van der Waals surface area contributed by atoms with Crippen LogP contribution in [0.1, 0.15) is 46.0 Å². The van der Waals surface area contributed by atoms with Gasteiger partial charge in [-0.1, -0.05) is 13.8 Å². The van der Waals surface area contributed by atoms with Gasteiger partial charge >= 0.3 is 11.9 Å². The Hall–Kier alpha value is -1.10. The van der Waals surface area contributed by atoms with E-state index in [1.165, 1.54) is 7.11 Å². The maximum Gasteiger partial charge on any atom is 0.309 e. The third-order valence-electron chi connectivity index (χ3n) is 4.63. The highest BCUT2D eigenvalue weighted by Crippen LogP contribution is 2.37. The van der Waals surface area contributed by atoms with Gasteiger partial charge in [0.25, 0.3) is 0 Å². The molecule has 1 saturated carbocycles. The summed E-state index contributed by atoms with van der Waals surface area (Å²) >= 11 is 0. The van der Waals surface area contributed by atoms with Crippen molar-refractivity contribution in [3.8, 4) is 0 Å². The van der Waals surface area contributed by atoms with Crippen molar-refractivity contribution in [1.29, 1.82) is 0 Å². The van der Waals surface area contributed by atoms with E-state index in [2.05, 4.69) is 0 Å². The lowest BCUT2D eigenvalue weighted by molar-refractivity contribution is -0.149. The Kier molecular flexibility index (Phi) is 4.68. The Morgan fingerprint density at radius 1 is 1.45 bits per heavy atom. The summed E-state index contributed by atoms with van der Waals surface area (Å²) in [5.41, 5.74) is -0.230. The first-order valence-electron chi connectivity index (χ1n) is 7.36. The summed E-state index contributed by atoms with van der Waals surface area (Å²) in [5, 5.41) is 0. The highest BCUT2D eigenvalue weighted by Gasteiger charge is 2.44. The molecule has 1 saturated heterocycles. The Morgan fingerprint density at radius 3 is 2.85 bits per heavy atom. The van der Waals surface area contributed by atoms with Crippen LogP contribution in [0, 0.1) is 11.3 Å². The Balaban J connectivity index is 1.87. The zero-order valence-electron chi connectivity index (χ0n) is 12.5. The molecule has 0 radical (unpaired) electrons. The highest BCUT2D eigenvalue weighted by molar-refractivity contribution is 5.75. The smallest absolute Gasteiger partial charge is 0.309 e. The lowest BCUT2D eigenvalue weighted by Crippen LogP contribution is -2.36. The molecule has 2 fully saturated rings. The van der Waals surface area contributed by atoms with Crippen molar-refractivity contribution in [1.82, 2.24) is 0 Å². The molecule has 20 heavy (non-hydrogen) atoms. The van der Waals surface area contributed by atoms with Gasteiger partial charge in [-0.15, -0.1) is 0 Å². The molecular weight excluding hydrogens is 260 g/mol. The number of hydrogen-bond donors (Lipinski definition) is 0. The predicted octanol–water partition coefficient (Wildman–Crippen LogP) is 2.08. The molecule has 0 aromatic rings. The topological polar surface area (TPSA) is 61.8 Å². The van der Waals surface area contributed by atoms with Gasteiger partial charge in [-0.25, -0.2) is 0 Å². The average molecular weight is 284 g/mol. The number of hydrogen-bond acceptors (Lipinski definition) is 5. The molecular formula is C15H24O5. The second-order valence-corrected chi connectivity index (χ2v) is 6.25. The van der Waals surface area contributed by atoms with Crippen molar-refractivity contribution in [2.45, 2.75) is 58.2 Å². The van der Waals surface area contributed by atoms with Gasteiger partial charge in [-0.2, -0.15) is 0 Å². The predicted molar refractivity (Wildman–Crippen MR) is 72.0 cm³/mol. The molecule has 2 aliphatic rings. The zero-order chi connectivity index (χ0) is 14.8. The van der Waals surface area contributed by atoms with E-state index in [0.717, 1.165) is 25.7 Å². The van der Waals surface area contributed by atoms with E-state index in [0.29, 0.717) is 13.0 Å². The first-order chi connectivity index (χ1) is 9.47. The van der Waals surface area contributed by atoms with Gasteiger partial charge < -0.3 is 14.2 Å². The van der Waals surface area contributed by atoms with Gasteiger partial charge in [-0.3, -0.25) is 9.59 Å². The maximum absolute atomic E-state index is 11.5. The van der Waals surface area contributed by atoms with Crippen molar-refractivity contribution < 1.29 is 23.8 Å². The lowest BCUT2D eigenvalue weighted by atomic mass is 9.84. The highest BCUT2D eigenvalue weighted by atomic mass is 16.6. The number of carbonyl (C=O) groups is 2. The molecule has 5 nitrogen and oxygen atoms in total. The summed E-state index contributed by atoms with van der Waals surface area (Å²) in [6.45, 7) is 4.55. The van der Waals surface area contributed by atoms with Crippen LogP contribution in [0.5, 0.6) is 0 Å². The van der Waals surface area contributed by atoms with E-state index in [4.69, 9.17) is 14.2 Å². The zero-order valence-corrected chi connectivity index (χ0v) is 12.5. The van der Waals surface area contributed by atoms with E-state index in [-0.39, 0.29) is 35.5 Å². The van der Waals surface area contributed by atoms with E-state index in [1.807, 2.05) is 13.8 Å². The van der Waals surface area contributed by atoms with Crippen molar-refractivity contribution in [2.24, 2.45) is 11.3 Å². The third-order valence-corrected chi connectivity index (χ3v) is 4.63. The molecule has 2 rings (SSSR count). The van der Waals surface area contributed by atoms with Crippen LogP contribution in [0.2, 0.25) is 0 Å². The van der Waals surface area contributed by atoms with E-state index in [1.54, 1.807) is 0 Å². The Bertz CT molecular complexity index is 380. The molecule has 1 aliphatic heterocycles. The van der Waals surface area contributed by atoms with Crippen LogP contribution >= 0.6 is 0 Å². The fourth-order valence-corrected chi connectivity index (χ4v) is 2.88. The van der Waals surface area contributed by atoms with Crippen LogP contribution in [-0.2, 0) is 23.8 Å². The molecule has 2 bridgehead atoms.